The Morgan fingerprint density at radius 1 is 0.971 bits per heavy atom. The Hall–Kier alpha value is -2.57. The van der Waals surface area contributed by atoms with E-state index < -0.39 is 23.8 Å². The maximum absolute atomic E-state index is 14.0. The summed E-state index contributed by atoms with van der Waals surface area (Å²) in [5.41, 5.74) is 1.04. The molecule has 3 amide bonds. The molecular formula is C28H47N3O4. The van der Waals surface area contributed by atoms with Crippen LogP contribution in [-0.4, -0.2) is 47.0 Å². The standard InChI is InChI=1S/C28H47N3O4/c1-10-11-12-15-18-31(26(33)23(19(2)3)30-27(34)35-28(7,8)9)24(25(32)29-20(4)5)22-17-14-13-16-21(22)6/h13-14,16-17,19-20,23-24H,10-12,15,18H2,1-9H3,(H,29,32)(H,30,34). The molecule has 0 fully saturated rings. The van der Waals surface area contributed by atoms with E-state index in [1.165, 1.54) is 0 Å². The number of unbranched alkanes of at least 4 members (excludes halogenated alkanes) is 3. The van der Waals surface area contributed by atoms with Crippen molar-refractivity contribution in [2.45, 2.75) is 112 Å². The van der Waals surface area contributed by atoms with Crippen LogP contribution in [0.3, 0.4) is 0 Å². The summed E-state index contributed by atoms with van der Waals surface area (Å²) in [7, 11) is 0. The molecule has 0 aliphatic carbocycles. The van der Waals surface area contributed by atoms with Gasteiger partial charge in [-0.25, -0.2) is 4.79 Å². The molecule has 0 aromatic heterocycles. The van der Waals surface area contributed by atoms with Crippen LogP contribution in [-0.2, 0) is 14.3 Å². The number of aryl methyl sites for hydroxylation is 1. The second-order valence-electron chi connectivity index (χ2n) is 10.9. The van der Waals surface area contributed by atoms with Gasteiger partial charge in [0.2, 0.25) is 11.8 Å². The zero-order valence-corrected chi connectivity index (χ0v) is 23.2. The topological polar surface area (TPSA) is 87.7 Å². The van der Waals surface area contributed by atoms with Gasteiger partial charge in [0, 0.05) is 12.6 Å². The van der Waals surface area contributed by atoms with E-state index in [1.807, 2.05) is 58.9 Å². The van der Waals surface area contributed by atoms with Crippen LogP contribution in [0.2, 0.25) is 0 Å². The highest BCUT2D eigenvalue weighted by Gasteiger charge is 2.37. The monoisotopic (exact) mass is 489 g/mol. The number of carbonyl (C=O) groups is 3. The van der Waals surface area contributed by atoms with Crippen LogP contribution in [0.1, 0.15) is 98.2 Å². The zero-order valence-electron chi connectivity index (χ0n) is 23.2. The van der Waals surface area contributed by atoms with Crippen LogP contribution >= 0.6 is 0 Å². The number of ether oxygens (including phenoxy) is 1. The number of nitrogens with zero attached hydrogens (tertiary/aromatic N) is 1. The summed E-state index contributed by atoms with van der Waals surface area (Å²) in [6.07, 6.45) is 3.21. The second kappa shape index (κ2) is 14.1. The number of carbonyl (C=O) groups excluding carboxylic acids is 3. The molecule has 2 atom stereocenters. The number of hydrogen-bond acceptors (Lipinski definition) is 4. The van der Waals surface area contributed by atoms with Crippen molar-refractivity contribution in [1.29, 1.82) is 0 Å². The van der Waals surface area contributed by atoms with Gasteiger partial charge >= 0.3 is 6.09 Å². The molecule has 0 saturated carbocycles. The summed E-state index contributed by atoms with van der Waals surface area (Å²) in [4.78, 5) is 41.8. The third kappa shape index (κ3) is 10.3. The first kappa shape index (κ1) is 30.5. The van der Waals surface area contributed by atoms with E-state index in [-0.39, 0.29) is 23.8 Å². The van der Waals surface area contributed by atoms with Gasteiger partial charge in [-0.1, -0.05) is 64.3 Å². The zero-order chi connectivity index (χ0) is 26.8. The van der Waals surface area contributed by atoms with E-state index in [9.17, 15) is 14.4 Å². The predicted octanol–water partition coefficient (Wildman–Crippen LogP) is 5.52. The van der Waals surface area contributed by atoms with Crippen molar-refractivity contribution in [1.82, 2.24) is 15.5 Å². The molecule has 0 spiro atoms. The third-order valence-electron chi connectivity index (χ3n) is 5.61. The highest BCUT2D eigenvalue weighted by molar-refractivity contribution is 5.92. The Kier molecular flexibility index (Phi) is 12.3. The Morgan fingerprint density at radius 3 is 2.11 bits per heavy atom. The van der Waals surface area contributed by atoms with Gasteiger partial charge in [0.25, 0.3) is 0 Å². The Balaban J connectivity index is 3.45. The lowest BCUT2D eigenvalue weighted by molar-refractivity contribution is -0.143. The SMILES string of the molecule is CCCCCCN(C(=O)C(NC(=O)OC(C)(C)C)C(C)C)C(C(=O)NC(C)C)c1ccccc1C. The third-order valence-corrected chi connectivity index (χ3v) is 5.61. The van der Waals surface area contributed by atoms with Gasteiger partial charge < -0.3 is 20.3 Å². The summed E-state index contributed by atoms with van der Waals surface area (Å²) < 4.78 is 5.43. The van der Waals surface area contributed by atoms with E-state index in [0.717, 1.165) is 36.8 Å². The van der Waals surface area contributed by atoms with Crippen molar-refractivity contribution in [3.63, 3.8) is 0 Å². The van der Waals surface area contributed by atoms with E-state index in [0.29, 0.717) is 6.54 Å². The molecule has 35 heavy (non-hydrogen) atoms. The number of alkyl carbamates (subject to hydrolysis) is 1. The minimum Gasteiger partial charge on any atom is -0.444 e. The van der Waals surface area contributed by atoms with Gasteiger partial charge in [0.05, 0.1) is 0 Å². The number of rotatable bonds is 12. The molecule has 1 aromatic rings. The van der Waals surface area contributed by atoms with Gasteiger partial charge in [-0.2, -0.15) is 0 Å². The molecule has 7 nitrogen and oxygen atoms in total. The molecule has 0 aliphatic rings. The normalized spacial score (nSPS) is 13.3. The lowest BCUT2D eigenvalue weighted by atomic mass is 9.95. The first-order valence-corrected chi connectivity index (χ1v) is 12.9. The van der Waals surface area contributed by atoms with Crippen molar-refractivity contribution in [2.75, 3.05) is 6.54 Å². The number of benzene rings is 1. The molecule has 1 rings (SSSR count). The van der Waals surface area contributed by atoms with Crippen LogP contribution in [0.15, 0.2) is 24.3 Å². The summed E-state index contributed by atoms with van der Waals surface area (Å²) in [6.45, 7) is 17.4. The summed E-state index contributed by atoms with van der Waals surface area (Å²) in [5, 5.41) is 5.77. The molecular weight excluding hydrogens is 442 g/mol. The quantitative estimate of drug-likeness (QED) is 0.379. The van der Waals surface area contributed by atoms with Gasteiger partial charge in [0.1, 0.15) is 17.7 Å². The molecule has 0 radical (unpaired) electrons. The predicted molar refractivity (Wildman–Crippen MR) is 141 cm³/mol. The highest BCUT2D eigenvalue weighted by Crippen LogP contribution is 2.27. The molecule has 0 heterocycles. The van der Waals surface area contributed by atoms with Crippen LogP contribution in [0.4, 0.5) is 4.79 Å². The van der Waals surface area contributed by atoms with Crippen molar-refractivity contribution in [2.24, 2.45) is 5.92 Å². The van der Waals surface area contributed by atoms with E-state index in [2.05, 4.69) is 17.6 Å². The maximum Gasteiger partial charge on any atom is 0.408 e. The number of nitrogens with one attached hydrogen (secondary N) is 2. The largest absolute Gasteiger partial charge is 0.444 e. The minimum atomic E-state index is -0.825. The maximum atomic E-state index is 14.0. The fourth-order valence-corrected chi connectivity index (χ4v) is 3.91. The van der Waals surface area contributed by atoms with E-state index >= 15 is 0 Å². The van der Waals surface area contributed by atoms with E-state index in [1.54, 1.807) is 25.7 Å². The molecule has 1 aromatic carbocycles. The van der Waals surface area contributed by atoms with Gasteiger partial charge in [-0.15, -0.1) is 0 Å². The van der Waals surface area contributed by atoms with Gasteiger partial charge in [-0.05, 0) is 65.0 Å². The molecule has 2 N–H and O–H groups in total. The lowest BCUT2D eigenvalue weighted by Gasteiger charge is -2.36. The highest BCUT2D eigenvalue weighted by atomic mass is 16.6. The second-order valence-corrected chi connectivity index (χ2v) is 10.9. The molecule has 198 valence electrons. The average molecular weight is 490 g/mol. The first-order valence-electron chi connectivity index (χ1n) is 12.9. The molecule has 7 heteroatoms. The van der Waals surface area contributed by atoms with Crippen LogP contribution in [0.5, 0.6) is 0 Å². The van der Waals surface area contributed by atoms with E-state index in [4.69, 9.17) is 4.74 Å². The fraction of sp³-hybridized carbons (Fsp3) is 0.679. The van der Waals surface area contributed by atoms with Crippen molar-refractivity contribution in [3.8, 4) is 0 Å². The summed E-state index contributed by atoms with van der Waals surface area (Å²) in [6, 6.07) is 5.96. The minimum absolute atomic E-state index is 0.0770. The molecule has 0 aliphatic heterocycles. The van der Waals surface area contributed by atoms with Crippen LogP contribution in [0, 0.1) is 12.8 Å². The van der Waals surface area contributed by atoms with Crippen LogP contribution < -0.4 is 10.6 Å². The van der Waals surface area contributed by atoms with Gasteiger partial charge in [-0.3, -0.25) is 9.59 Å². The van der Waals surface area contributed by atoms with Gasteiger partial charge in [0.15, 0.2) is 0 Å². The van der Waals surface area contributed by atoms with Crippen molar-refractivity contribution in [3.05, 3.63) is 35.4 Å². The number of amides is 3. The van der Waals surface area contributed by atoms with Crippen molar-refractivity contribution >= 4 is 17.9 Å². The first-order chi connectivity index (χ1) is 16.3. The molecule has 0 saturated heterocycles. The Labute approximate surface area is 212 Å². The molecule has 0 bridgehead atoms. The fourth-order valence-electron chi connectivity index (χ4n) is 3.91. The van der Waals surface area contributed by atoms with Crippen molar-refractivity contribution < 1.29 is 19.1 Å². The average Bonchev–Trinajstić information content (AvgIpc) is 2.72. The Bertz CT molecular complexity index is 830. The smallest absolute Gasteiger partial charge is 0.408 e. The summed E-state index contributed by atoms with van der Waals surface area (Å²) >= 11 is 0. The lowest BCUT2D eigenvalue weighted by Crippen LogP contribution is -2.55. The number of hydrogen-bond donors (Lipinski definition) is 2. The summed E-state index contributed by atoms with van der Waals surface area (Å²) in [5.74, 6) is -0.703. The van der Waals surface area contributed by atoms with Crippen LogP contribution in [0.25, 0.3) is 0 Å². The molecule has 2 unspecified atom stereocenters. The Morgan fingerprint density at radius 2 is 1.60 bits per heavy atom.